The lowest BCUT2D eigenvalue weighted by molar-refractivity contribution is 0.344. The summed E-state index contributed by atoms with van der Waals surface area (Å²) in [6.07, 6.45) is 3.40. The molecular formula is C23H18FN5O. The highest BCUT2D eigenvalue weighted by Crippen LogP contribution is 2.36. The van der Waals surface area contributed by atoms with E-state index in [0.29, 0.717) is 35.1 Å². The molecule has 7 heteroatoms. The van der Waals surface area contributed by atoms with Crippen molar-refractivity contribution in [2.75, 3.05) is 19.0 Å². The number of hydrogen-bond acceptors (Lipinski definition) is 6. The smallest absolute Gasteiger partial charge is 0.163 e. The van der Waals surface area contributed by atoms with Crippen molar-refractivity contribution in [2.24, 2.45) is 0 Å². The number of fused-ring (bicyclic) bond motifs is 1. The van der Waals surface area contributed by atoms with E-state index in [1.54, 1.807) is 25.5 Å². The van der Waals surface area contributed by atoms with E-state index in [1.807, 2.05) is 37.3 Å². The first-order chi connectivity index (χ1) is 14.6. The molecule has 0 radical (unpaired) electrons. The van der Waals surface area contributed by atoms with Gasteiger partial charge in [-0.05, 0) is 54.4 Å². The van der Waals surface area contributed by atoms with Gasteiger partial charge in [0.1, 0.15) is 29.0 Å². The Morgan fingerprint density at radius 2 is 1.97 bits per heavy atom. The van der Waals surface area contributed by atoms with Gasteiger partial charge in [-0.15, -0.1) is 0 Å². The van der Waals surface area contributed by atoms with Crippen LogP contribution in [0.4, 0.5) is 10.2 Å². The van der Waals surface area contributed by atoms with E-state index in [-0.39, 0.29) is 5.56 Å². The maximum atomic E-state index is 13.8. The van der Waals surface area contributed by atoms with Crippen LogP contribution in [-0.2, 0) is 0 Å². The number of rotatable bonds is 5. The van der Waals surface area contributed by atoms with Crippen LogP contribution < -0.4 is 10.1 Å². The second kappa shape index (κ2) is 8.13. The normalized spacial score (nSPS) is 10.6. The van der Waals surface area contributed by atoms with E-state index < -0.39 is 5.82 Å². The predicted molar refractivity (Wildman–Crippen MR) is 114 cm³/mol. The quantitative estimate of drug-likeness (QED) is 0.518. The summed E-state index contributed by atoms with van der Waals surface area (Å²) in [6, 6.07) is 13.8. The number of nitrogens with one attached hydrogen (secondary N) is 1. The van der Waals surface area contributed by atoms with Crippen LogP contribution in [0.3, 0.4) is 0 Å². The molecule has 0 aliphatic carbocycles. The van der Waals surface area contributed by atoms with Gasteiger partial charge in [0.25, 0.3) is 0 Å². The predicted octanol–water partition coefficient (Wildman–Crippen LogP) is 4.81. The van der Waals surface area contributed by atoms with Gasteiger partial charge in [-0.1, -0.05) is 6.07 Å². The van der Waals surface area contributed by atoms with Crippen molar-refractivity contribution in [3.63, 3.8) is 0 Å². The van der Waals surface area contributed by atoms with Crippen LogP contribution in [0.2, 0.25) is 0 Å². The molecule has 0 atom stereocenters. The first-order valence-corrected chi connectivity index (χ1v) is 9.41. The summed E-state index contributed by atoms with van der Waals surface area (Å²) >= 11 is 0. The first-order valence-electron chi connectivity index (χ1n) is 9.41. The molecular weight excluding hydrogens is 381 g/mol. The Morgan fingerprint density at radius 1 is 1.10 bits per heavy atom. The maximum absolute atomic E-state index is 13.8. The molecule has 2 heterocycles. The molecule has 2 aromatic carbocycles. The second-order valence-corrected chi connectivity index (χ2v) is 6.50. The molecule has 0 amide bonds. The highest BCUT2D eigenvalue weighted by Gasteiger charge is 2.16. The van der Waals surface area contributed by atoms with Crippen LogP contribution in [0.1, 0.15) is 12.5 Å². The number of anilines is 1. The van der Waals surface area contributed by atoms with Gasteiger partial charge in [-0.3, -0.25) is 4.98 Å². The fraction of sp³-hybridized carbons (Fsp3) is 0.130. The van der Waals surface area contributed by atoms with E-state index >= 15 is 0 Å². The van der Waals surface area contributed by atoms with Crippen molar-refractivity contribution in [2.45, 2.75) is 6.92 Å². The third-order valence-electron chi connectivity index (χ3n) is 4.64. The Bertz CT molecular complexity index is 1270. The Balaban J connectivity index is 1.97. The average Bonchev–Trinajstić information content (AvgIpc) is 2.79. The lowest BCUT2D eigenvalue weighted by atomic mass is 10.0. The van der Waals surface area contributed by atoms with Gasteiger partial charge in [0.15, 0.2) is 5.82 Å². The van der Waals surface area contributed by atoms with Crippen LogP contribution in [0.25, 0.3) is 33.4 Å². The first kappa shape index (κ1) is 19.3. The number of halogens is 1. The number of benzene rings is 2. The van der Waals surface area contributed by atoms with Crippen LogP contribution in [-0.4, -0.2) is 28.6 Å². The Kier molecular flexibility index (Phi) is 5.22. The number of pyridine rings is 1. The van der Waals surface area contributed by atoms with Crippen molar-refractivity contribution >= 4 is 16.7 Å². The summed E-state index contributed by atoms with van der Waals surface area (Å²) in [7, 11) is 1.79. The lowest BCUT2D eigenvalue weighted by Gasteiger charge is -2.14. The monoisotopic (exact) mass is 399 g/mol. The standard InChI is InChI=1S/C23H18FN5O/c1-3-30-20-11-16(14-6-7-19(24)17(9-14)12-25)10-18-21(20)28-22(29-23(18)26-2)15-5-4-8-27-13-15/h4-11,13H,3H2,1-2H3,(H,26,28,29). The Labute approximate surface area is 173 Å². The van der Waals surface area contributed by atoms with E-state index in [1.165, 1.54) is 12.1 Å². The van der Waals surface area contributed by atoms with Gasteiger partial charge in [0, 0.05) is 30.4 Å². The van der Waals surface area contributed by atoms with Crippen LogP contribution in [0, 0.1) is 17.1 Å². The molecule has 1 N–H and O–H groups in total. The summed E-state index contributed by atoms with van der Waals surface area (Å²) < 4.78 is 19.7. The lowest BCUT2D eigenvalue weighted by Crippen LogP contribution is -2.02. The molecule has 0 saturated carbocycles. The molecule has 0 fully saturated rings. The summed E-state index contributed by atoms with van der Waals surface area (Å²) in [6.45, 7) is 2.35. The minimum absolute atomic E-state index is 0.0115. The van der Waals surface area contributed by atoms with Gasteiger partial charge in [0.2, 0.25) is 0 Å². The van der Waals surface area contributed by atoms with Crippen molar-refractivity contribution in [3.8, 4) is 34.3 Å². The zero-order valence-corrected chi connectivity index (χ0v) is 16.5. The number of nitriles is 1. The molecule has 0 aliphatic heterocycles. The zero-order chi connectivity index (χ0) is 21.1. The molecule has 0 spiro atoms. The largest absolute Gasteiger partial charge is 0.492 e. The van der Waals surface area contributed by atoms with E-state index in [4.69, 9.17) is 9.72 Å². The molecule has 30 heavy (non-hydrogen) atoms. The van der Waals surface area contributed by atoms with Crippen LogP contribution >= 0.6 is 0 Å². The zero-order valence-electron chi connectivity index (χ0n) is 16.5. The highest BCUT2D eigenvalue weighted by molar-refractivity contribution is 5.97. The van der Waals surface area contributed by atoms with Gasteiger partial charge >= 0.3 is 0 Å². The molecule has 4 aromatic rings. The summed E-state index contributed by atoms with van der Waals surface area (Å²) in [4.78, 5) is 13.5. The number of ether oxygens (including phenoxy) is 1. The van der Waals surface area contributed by atoms with Crippen molar-refractivity contribution in [1.29, 1.82) is 5.26 Å². The summed E-state index contributed by atoms with van der Waals surface area (Å²) in [5.41, 5.74) is 2.91. The molecule has 0 saturated heterocycles. The molecule has 2 aromatic heterocycles. The summed E-state index contributed by atoms with van der Waals surface area (Å²) in [5, 5.41) is 13.1. The fourth-order valence-electron chi connectivity index (χ4n) is 3.24. The van der Waals surface area contributed by atoms with Crippen LogP contribution in [0.15, 0.2) is 54.9 Å². The SMILES string of the molecule is CCOc1cc(-c2ccc(F)c(C#N)c2)cc2c(NC)nc(-c3cccnc3)nc12. The van der Waals surface area contributed by atoms with E-state index in [9.17, 15) is 9.65 Å². The molecule has 0 aliphatic rings. The number of aromatic nitrogens is 3. The van der Waals surface area contributed by atoms with Gasteiger partial charge in [-0.2, -0.15) is 5.26 Å². The van der Waals surface area contributed by atoms with E-state index in [2.05, 4.69) is 15.3 Å². The molecule has 0 bridgehead atoms. The topological polar surface area (TPSA) is 83.7 Å². The molecule has 6 nitrogen and oxygen atoms in total. The molecule has 148 valence electrons. The minimum atomic E-state index is -0.549. The third-order valence-corrected chi connectivity index (χ3v) is 4.64. The highest BCUT2D eigenvalue weighted by atomic mass is 19.1. The minimum Gasteiger partial charge on any atom is -0.492 e. The maximum Gasteiger partial charge on any atom is 0.163 e. The average molecular weight is 399 g/mol. The van der Waals surface area contributed by atoms with Crippen molar-refractivity contribution in [3.05, 3.63) is 66.2 Å². The van der Waals surface area contributed by atoms with Crippen LogP contribution in [0.5, 0.6) is 5.75 Å². The van der Waals surface area contributed by atoms with Crippen molar-refractivity contribution < 1.29 is 9.13 Å². The molecule has 4 rings (SSSR count). The van der Waals surface area contributed by atoms with E-state index in [0.717, 1.165) is 16.5 Å². The third kappa shape index (κ3) is 3.51. The summed E-state index contributed by atoms with van der Waals surface area (Å²) in [5.74, 6) is 1.19. The Morgan fingerprint density at radius 3 is 2.67 bits per heavy atom. The van der Waals surface area contributed by atoms with Gasteiger partial charge in [-0.25, -0.2) is 14.4 Å². The fourth-order valence-corrected chi connectivity index (χ4v) is 3.24. The number of hydrogen-bond donors (Lipinski definition) is 1. The van der Waals surface area contributed by atoms with Gasteiger partial charge in [0.05, 0.1) is 12.2 Å². The Hall–Kier alpha value is -4.05. The van der Waals surface area contributed by atoms with Crippen molar-refractivity contribution in [1.82, 2.24) is 15.0 Å². The second-order valence-electron chi connectivity index (χ2n) is 6.50. The molecule has 0 unspecified atom stereocenters. The van der Waals surface area contributed by atoms with Gasteiger partial charge < -0.3 is 10.1 Å². The number of nitrogens with zero attached hydrogens (tertiary/aromatic N) is 4.